The molecule has 1 aromatic rings. The first-order chi connectivity index (χ1) is 7.25. The minimum absolute atomic E-state index is 0.607. The smallest absolute Gasteiger partial charge is 0.0315 e. The van der Waals surface area contributed by atoms with Crippen LogP contribution in [0.15, 0.2) is 18.5 Å². The lowest BCUT2D eigenvalue weighted by Gasteiger charge is -2.32. The van der Waals surface area contributed by atoms with Crippen LogP contribution in [0.25, 0.3) is 0 Å². The van der Waals surface area contributed by atoms with Gasteiger partial charge in [-0.25, -0.2) is 0 Å². The van der Waals surface area contributed by atoms with E-state index in [2.05, 4.69) is 35.1 Å². The molecule has 1 aliphatic rings. The second kappa shape index (κ2) is 4.73. The number of nitrogens with zero attached hydrogens (tertiary/aromatic N) is 2. The number of hydrogen-bond donors (Lipinski definition) is 1. The third kappa shape index (κ3) is 2.76. The van der Waals surface area contributed by atoms with Crippen LogP contribution in [-0.4, -0.2) is 35.6 Å². The van der Waals surface area contributed by atoms with E-state index in [0.29, 0.717) is 6.04 Å². The third-order valence-corrected chi connectivity index (χ3v) is 2.99. The predicted molar refractivity (Wildman–Crippen MR) is 61.7 cm³/mol. The maximum Gasteiger partial charge on any atom is 0.0315 e. The van der Waals surface area contributed by atoms with E-state index in [1.165, 1.54) is 11.1 Å². The molecule has 0 spiro atoms. The zero-order chi connectivity index (χ0) is 10.7. The molecule has 0 aliphatic carbocycles. The summed E-state index contributed by atoms with van der Waals surface area (Å²) in [6, 6.07) is 2.69. The molecule has 15 heavy (non-hydrogen) atoms. The van der Waals surface area contributed by atoms with Crippen molar-refractivity contribution in [2.24, 2.45) is 0 Å². The maximum atomic E-state index is 4.19. The molecule has 82 valence electrons. The van der Waals surface area contributed by atoms with Gasteiger partial charge in [0.15, 0.2) is 0 Å². The van der Waals surface area contributed by atoms with E-state index in [-0.39, 0.29) is 0 Å². The van der Waals surface area contributed by atoms with Crippen LogP contribution >= 0.6 is 0 Å². The molecule has 0 saturated carbocycles. The van der Waals surface area contributed by atoms with Crippen molar-refractivity contribution < 1.29 is 0 Å². The van der Waals surface area contributed by atoms with Crippen LogP contribution in [0, 0.1) is 6.92 Å². The zero-order valence-corrected chi connectivity index (χ0v) is 9.53. The molecule has 0 unspecified atom stereocenters. The Morgan fingerprint density at radius 1 is 1.60 bits per heavy atom. The Kier molecular flexibility index (Phi) is 3.34. The fourth-order valence-corrected chi connectivity index (χ4v) is 2.06. The van der Waals surface area contributed by atoms with Crippen LogP contribution < -0.4 is 5.32 Å². The van der Waals surface area contributed by atoms with Gasteiger partial charge in [-0.15, -0.1) is 0 Å². The number of piperazine rings is 1. The van der Waals surface area contributed by atoms with Crippen molar-refractivity contribution >= 4 is 0 Å². The highest BCUT2D eigenvalue weighted by Crippen LogP contribution is 2.10. The first-order valence-electron chi connectivity index (χ1n) is 5.61. The van der Waals surface area contributed by atoms with Crippen molar-refractivity contribution in [3.05, 3.63) is 29.6 Å². The van der Waals surface area contributed by atoms with Crippen molar-refractivity contribution in [2.75, 3.05) is 19.6 Å². The van der Waals surface area contributed by atoms with Gasteiger partial charge < -0.3 is 5.32 Å². The van der Waals surface area contributed by atoms with Gasteiger partial charge in [0.1, 0.15) is 0 Å². The summed E-state index contributed by atoms with van der Waals surface area (Å²) in [4.78, 5) is 6.68. The first-order valence-corrected chi connectivity index (χ1v) is 5.61. The summed E-state index contributed by atoms with van der Waals surface area (Å²) in [5.74, 6) is 0. The van der Waals surface area contributed by atoms with Gasteiger partial charge in [0.2, 0.25) is 0 Å². The predicted octanol–water partition coefficient (Wildman–Crippen LogP) is 1.18. The summed E-state index contributed by atoms with van der Waals surface area (Å²) in [5, 5.41) is 3.46. The second-order valence-electron chi connectivity index (χ2n) is 4.39. The summed E-state index contributed by atoms with van der Waals surface area (Å²) in [6.45, 7) is 8.80. The Balaban J connectivity index is 1.99. The van der Waals surface area contributed by atoms with Gasteiger partial charge in [0, 0.05) is 44.6 Å². The molecular formula is C12H19N3. The molecular weight excluding hydrogens is 186 g/mol. The Labute approximate surface area is 91.5 Å². The molecule has 1 saturated heterocycles. The normalized spacial score (nSPS) is 22.9. The molecule has 2 heterocycles. The molecule has 0 amide bonds. The summed E-state index contributed by atoms with van der Waals surface area (Å²) in [7, 11) is 0. The van der Waals surface area contributed by atoms with E-state index >= 15 is 0 Å². The van der Waals surface area contributed by atoms with Crippen molar-refractivity contribution in [3.63, 3.8) is 0 Å². The molecule has 1 N–H and O–H groups in total. The van der Waals surface area contributed by atoms with E-state index in [1.807, 2.05) is 12.4 Å². The lowest BCUT2D eigenvalue weighted by Crippen LogP contribution is -2.48. The van der Waals surface area contributed by atoms with Gasteiger partial charge in [-0.2, -0.15) is 0 Å². The number of hydrogen-bond acceptors (Lipinski definition) is 3. The molecule has 1 aliphatic heterocycles. The number of aryl methyl sites for hydroxylation is 1. The van der Waals surface area contributed by atoms with E-state index in [4.69, 9.17) is 0 Å². The largest absolute Gasteiger partial charge is 0.312 e. The fourth-order valence-electron chi connectivity index (χ4n) is 2.06. The second-order valence-corrected chi connectivity index (χ2v) is 4.39. The highest BCUT2D eigenvalue weighted by Gasteiger charge is 2.15. The van der Waals surface area contributed by atoms with Gasteiger partial charge in [-0.1, -0.05) is 0 Å². The van der Waals surface area contributed by atoms with E-state index in [0.717, 1.165) is 26.2 Å². The molecule has 0 aromatic carbocycles. The van der Waals surface area contributed by atoms with Crippen LogP contribution in [-0.2, 0) is 6.54 Å². The maximum absolute atomic E-state index is 4.19. The number of pyridine rings is 1. The van der Waals surface area contributed by atoms with Crippen molar-refractivity contribution in [1.82, 2.24) is 15.2 Å². The lowest BCUT2D eigenvalue weighted by molar-refractivity contribution is 0.199. The molecule has 1 fully saturated rings. The van der Waals surface area contributed by atoms with Gasteiger partial charge in [-0.05, 0) is 31.0 Å². The minimum atomic E-state index is 0.607. The van der Waals surface area contributed by atoms with Crippen molar-refractivity contribution in [1.29, 1.82) is 0 Å². The van der Waals surface area contributed by atoms with Gasteiger partial charge in [-0.3, -0.25) is 9.88 Å². The summed E-state index contributed by atoms with van der Waals surface area (Å²) < 4.78 is 0. The Morgan fingerprint density at radius 3 is 3.20 bits per heavy atom. The SMILES string of the molecule is Cc1ccncc1CN1CCN[C@H](C)C1. The molecule has 3 nitrogen and oxygen atoms in total. The Bertz CT molecular complexity index is 324. The Morgan fingerprint density at radius 2 is 2.47 bits per heavy atom. The minimum Gasteiger partial charge on any atom is -0.312 e. The summed E-state index contributed by atoms with van der Waals surface area (Å²) in [6.07, 6.45) is 3.85. The highest BCUT2D eigenvalue weighted by atomic mass is 15.2. The number of rotatable bonds is 2. The lowest BCUT2D eigenvalue weighted by atomic mass is 10.1. The molecule has 0 radical (unpaired) electrons. The van der Waals surface area contributed by atoms with Crippen LogP contribution in [0.3, 0.4) is 0 Å². The standard InChI is InChI=1S/C12H19N3/c1-10-3-4-13-7-12(10)9-15-6-5-14-11(2)8-15/h3-4,7,11,14H,5-6,8-9H2,1-2H3/t11-/m1/s1. The van der Waals surface area contributed by atoms with E-state index < -0.39 is 0 Å². The van der Waals surface area contributed by atoms with Crippen LogP contribution in [0.5, 0.6) is 0 Å². The molecule has 1 atom stereocenters. The van der Waals surface area contributed by atoms with Crippen LogP contribution in [0.2, 0.25) is 0 Å². The summed E-state index contributed by atoms with van der Waals surface area (Å²) in [5.41, 5.74) is 2.70. The van der Waals surface area contributed by atoms with Gasteiger partial charge >= 0.3 is 0 Å². The monoisotopic (exact) mass is 205 g/mol. The van der Waals surface area contributed by atoms with Crippen LogP contribution in [0.4, 0.5) is 0 Å². The molecule has 2 rings (SSSR count). The van der Waals surface area contributed by atoms with E-state index in [9.17, 15) is 0 Å². The number of nitrogens with one attached hydrogen (secondary N) is 1. The average molecular weight is 205 g/mol. The fraction of sp³-hybridized carbons (Fsp3) is 0.583. The molecule has 3 heteroatoms. The Hall–Kier alpha value is -0.930. The average Bonchev–Trinajstić information content (AvgIpc) is 2.22. The van der Waals surface area contributed by atoms with Gasteiger partial charge in [0.05, 0.1) is 0 Å². The van der Waals surface area contributed by atoms with Gasteiger partial charge in [0.25, 0.3) is 0 Å². The topological polar surface area (TPSA) is 28.2 Å². The zero-order valence-electron chi connectivity index (χ0n) is 9.53. The quantitative estimate of drug-likeness (QED) is 0.786. The number of aromatic nitrogens is 1. The molecule has 0 bridgehead atoms. The highest BCUT2D eigenvalue weighted by molar-refractivity contribution is 5.21. The third-order valence-electron chi connectivity index (χ3n) is 2.99. The summed E-state index contributed by atoms with van der Waals surface area (Å²) >= 11 is 0. The first kappa shape index (κ1) is 10.6. The molecule has 1 aromatic heterocycles. The van der Waals surface area contributed by atoms with Crippen LogP contribution in [0.1, 0.15) is 18.1 Å². The van der Waals surface area contributed by atoms with Crippen molar-refractivity contribution in [3.8, 4) is 0 Å². The van der Waals surface area contributed by atoms with Crippen molar-refractivity contribution in [2.45, 2.75) is 26.4 Å². The van der Waals surface area contributed by atoms with E-state index in [1.54, 1.807) is 0 Å².